The van der Waals surface area contributed by atoms with Crippen LogP contribution in [0, 0.1) is 5.92 Å². The molecule has 2 atom stereocenters. The van der Waals surface area contributed by atoms with Crippen molar-refractivity contribution in [2.75, 3.05) is 26.7 Å². The van der Waals surface area contributed by atoms with Crippen LogP contribution in [0.25, 0.3) is 0 Å². The molecule has 0 saturated carbocycles. The van der Waals surface area contributed by atoms with E-state index in [1.165, 1.54) is 0 Å². The largest absolute Gasteiger partial charge is 0.338 e. The van der Waals surface area contributed by atoms with Crippen molar-refractivity contribution < 1.29 is 4.79 Å². The van der Waals surface area contributed by atoms with E-state index in [4.69, 9.17) is 0 Å². The molecule has 2 amide bonds. The van der Waals surface area contributed by atoms with Crippen LogP contribution in [-0.4, -0.2) is 43.7 Å². The third kappa shape index (κ3) is 1.16. The molecule has 0 aromatic heterocycles. The molecule has 0 radical (unpaired) electrons. The Hall–Kier alpha value is -0.770. The van der Waals surface area contributed by atoms with Crippen LogP contribution in [0.2, 0.25) is 0 Å². The van der Waals surface area contributed by atoms with E-state index < -0.39 is 0 Å². The van der Waals surface area contributed by atoms with Crippen LogP contribution in [0.5, 0.6) is 0 Å². The van der Waals surface area contributed by atoms with E-state index in [1.807, 2.05) is 11.9 Å². The van der Waals surface area contributed by atoms with E-state index in [0.717, 1.165) is 26.1 Å². The first-order chi connectivity index (χ1) is 5.79. The molecule has 12 heavy (non-hydrogen) atoms. The highest BCUT2D eigenvalue weighted by Crippen LogP contribution is 2.19. The number of hydrogen-bond acceptors (Lipinski definition) is 2. The quantitative estimate of drug-likeness (QED) is 0.519. The van der Waals surface area contributed by atoms with Gasteiger partial charge >= 0.3 is 6.03 Å². The van der Waals surface area contributed by atoms with Crippen LogP contribution >= 0.6 is 0 Å². The summed E-state index contributed by atoms with van der Waals surface area (Å²) < 4.78 is 0. The standard InChI is InChI=1S/C8H15N3O/c1-11-7-2-3-9-4-6(7)5-10-8(11)12/h6-7,9H,2-5H2,1H3,(H,10,12). The Morgan fingerprint density at radius 3 is 3.17 bits per heavy atom. The Labute approximate surface area is 72.3 Å². The molecule has 2 unspecified atom stereocenters. The lowest BCUT2D eigenvalue weighted by atomic mass is 9.91. The Kier molecular flexibility index (Phi) is 1.92. The fourth-order valence-electron chi connectivity index (χ4n) is 2.12. The van der Waals surface area contributed by atoms with Crippen molar-refractivity contribution in [3.8, 4) is 0 Å². The molecule has 2 aliphatic heterocycles. The van der Waals surface area contributed by atoms with Gasteiger partial charge in [0.05, 0.1) is 0 Å². The number of amides is 2. The molecule has 4 nitrogen and oxygen atoms in total. The minimum absolute atomic E-state index is 0.0816. The molecule has 2 heterocycles. The molecule has 2 fully saturated rings. The average Bonchev–Trinajstić information content (AvgIpc) is 2.12. The molecule has 2 rings (SSSR count). The van der Waals surface area contributed by atoms with Crippen LogP contribution in [0.4, 0.5) is 4.79 Å². The summed E-state index contributed by atoms with van der Waals surface area (Å²) in [7, 11) is 1.89. The molecule has 68 valence electrons. The van der Waals surface area contributed by atoms with Gasteiger partial charge in [-0.15, -0.1) is 0 Å². The fourth-order valence-corrected chi connectivity index (χ4v) is 2.12. The Balaban J connectivity index is 2.08. The summed E-state index contributed by atoms with van der Waals surface area (Å²) in [5.41, 5.74) is 0. The lowest BCUT2D eigenvalue weighted by molar-refractivity contribution is 0.119. The predicted molar refractivity (Wildman–Crippen MR) is 45.9 cm³/mol. The Bertz CT molecular complexity index is 195. The number of piperidine rings is 1. The summed E-state index contributed by atoms with van der Waals surface area (Å²) in [5.74, 6) is 0.599. The van der Waals surface area contributed by atoms with Crippen LogP contribution in [0.15, 0.2) is 0 Å². The number of hydrogen-bond donors (Lipinski definition) is 2. The second kappa shape index (κ2) is 2.94. The average molecular weight is 169 g/mol. The van der Waals surface area contributed by atoms with E-state index in [0.29, 0.717) is 12.0 Å². The monoisotopic (exact) mass is 169 g/mol. The lowest BCUT2D eigenvalue weighted by Crippen LogP contribution is -2.60. The van der Waals surface area contributed by atoms with Crippen LogP contribution in [-0.2, 0) is 0 Å². The van der Waals surface area contributed by atoms with Crippen LogP contribution in [0.3, 0.4) is 0 Å². The summed E-state index contributed by atoms with van der Waals surface area (Å²) in [6, 6.07) is 0.540. The van der Waals surface area contributed by atoms with Gasteiger partial charge in [-0.25, -0.2) is 4.79 Å². The van der Waals surface area contributed by atoms with Gasteiger partial charge < -0.3 is 15.5 Å². The van der Waals surface area contributed by atoms with Crippen LogP contribution < -0.4 is 10.6 Å². The van der Waals surface area contributed by atoms with Gasteiger partial charge in [-0.05, 0) is 13.0 Å². The van der Waals surface area contributed by atoms with Crippen LogP contribution in [0.1, 0.15) is 6.42 Å². The summed E-state index contributed by atoms with van der Waals surface area (Å²) >= 11 is 0. The number of carbonyl (C=O) groups excluding carboxylic acids is 1. The maximum absolute atomic E-state index is 11.2. The van der Waals surface area contributed by atoms with E-state index >= 15 is 0 Å². The van der Waals surface area contributed by atoms with E-state index in [1.54, 1.807) is 0 Å². The van der Waals surface area contributed by atoms with E-state index in [9.17, 15) is 4.79 Å². The van der Waals surface area contributed by atoms with E-state index in [2.05, 4.69) is 10.6 Å². The van der Waals surface area contributed by atoms with Gasteiger partial charge in [-0.1, -0.05) is 0 Å². The summed E-state index contributed by atoms with van der Waals surface area (Å²) in [5, 5.41) is 6.22. The van der Waals surface area contributed by atoms with Crippen molar-refractivity contribution >= 4 is 6.03 Å². The number of nitrogens with zero attached hydrogens (tertiary/aromatic N) is 1. The maximum atomic E-state index is 11.2. The molecule has 2 saturated heterocycles. The van der Waals surface area contributed by atoms with Gasteiger partial charge in [-0.2, -0.15) is 0 Å². The molecule has 0 aliphatic carbocycles. The molecule has 4 heteroatoms. The Morgan fingerprint density at radius 2 is 2.33 bits per heavy atom. The normalized spacial score (nSPS) is 35.8. The second-order valence-corrected chi connectivity index (χ2v) is 3.62. The van der Waals surface area contributed by atoms with Gasteiger partial charge in [0.1, 0.15) is 0 Å². The molecular formula is C8H15N3O. The molecule has 0 aromatic rings. The van der Waals surface area contributed by atoms with Crippen molar-refractivity contribution in [3.63, 3.8) is 0 Å². The number of nitrogens with one attached hydrogen (secondary N) is 2. The minimum atomic E-state index is 0.0816. The highest BCUT2D eigenvalue weighted by atomic mass is 16.2. The minimum Gasteiger partial charge on any atom is -0.338 e. The molecule has 0 bridgehead atoms. The van der Waals surface area contributed by atoms with Crippen molar-refractivity contribution in [3.05, 3.63) is 0 Å². The van der Waals surface area contributed by atoms with Crippen molar-refractivity contribution in [2.24, 2.45) is 5.92 Å². The van der Waals surface area contributed by atoms with Crippen molar-refractivity contribution in [1.82, 2.24) is 15.5 Å². The summed E-state index contributed by atoms with van der Waals surface area (Å²) in [4.78, 5) is 13.1. The van der Waals surface area contributed by atoms with Gasteiger partial charge in [-0.3, -0.25) is 0 Å². The third-order valence-electron chi connectivity index (χ3n) is 2.90. The second-order valence-electron chi connectivity index (χ2n) is 3.62. The fraction of sp³-hybridized carbons (Fsp3) is 0.875. The molecule has 0 aromatic carbocycles. The third-order valence-corrected chi connectivity index (χ3v) is 2.90. The smallest absolute Gasteiger partial charge is 0.317 e. The molecule has 0 spiro atoms. The topological polar surface area (TPSA) is 44.4 Å². The zero-order valence-corrected chi connectivity index (χ0v) is 7.34. The highest BCUT2D eigenvalue weighted by Gasteiger charge is 2.34. The number of fused-ring (bicyclic) bond motifs is 1. The molecule has 2 aliphatic rings. The van der Waals surface area contributed by atoms with Crippen molar-refractivity contribution in [2.45, 2.75) is 12.5 Å². The van der Waals surface area contributed by atoms with Gasteiger partial charge in [0.25, 0.3) is 0 Å². The highest BCUT2D eigenvalue weighted by molar-refractivity contribution is 5.75. The molecular weight excluding hydrogens is 154 g/mol. The Morgan fingerprint density at radius 1 is 1.50 bits per heavy atom. The van der Waals surface area contributed by atoms with Gasteiger partial charge in [0.15, 0.2) is 0 Å². The number of urea groups is 1. The van der Waals surface area contributed by atoms with E-state index in [-0.39, 0.29) is 6.03 Å². The first kappa shape index (κ1) is 7.86. The zero-order valence-electron chi connectivity index (χ0n) is 7.34. The zero-order chi connectivity index (χ0) is 8.55. The number of carbonyl (C=O) groups is 1. The lowest BCUT2D eigenvalue weighted by Gasteiger charge is -2.42. The predicted octanol–water partition coefficient (Wildman–Crippen LogP) is -0.380. The van der Waals surface area contributed by atoms with Crippen molar-refractivity contribution in [1.29, 1.82) is 0 Å². The first-order valence-corrected chi connectivity index (χ1v) is 4.50. The first-order valence-electron chi connectivity index (χ1n) is 4.50. The maximum Gasteiger partial charge on any atom is 0.317 e. The SMILES string of the molecule is CN1C(=O)NCC2CNCCC21. The molecule has 2 N–H and O–H groups in total. The summed E-state index contributed by atoms with van der Waals surface area (Å²) in [6.07, 6.45) is 1.09. The van der Waals surface area contributed by atoms with Gasteiger partial charge in [0.2, 0.25) is 0 Å². The number of rotatable bonds is 0. The summed E-state index contributed by atoms with van der Waals surface area (Å²) in [6.45, 7) is 2.91. The van der Waals surface area contributed by atoms with Gasteiger partial charge in [0, 0.05) is 32.1 Å².